The van der Waals surface area contributed by atoms with Crippen LogP contribution in [0, 0.1) is 10.1 Å². The average molecular weight is 351 g/mol. The average Bonchev–Trinajstić information content (AvgIpc) is 3.09. The van der Waals surface area contributed by atoms with Gasteiger partial charge in [-0.3, -0.25) is 10.1 Å². The van der Waals surface area contributed by atoms with Crippen LogP contribution in [0.25, 0.3) is 0 Å². The Labute approximate surface area is 131 Å². The van der Waals surface area contributed by atoms with E-state index in [1.165, 1.54) is 0 Å². The molecule has 2 N–H and O–H groups in total. The molecule has 0 aliphatic heterocycles. The highest BCUT2D eigenvalue weighted by Crippen LogP contribution is 2.46. The molecule has 10 heteroatoms. The molecule has 1 heterocycles. The molecule has 0 aromatic carbocycles. The lowest BCUT2D eigenvalue weighted by atomic mass is 10.4. The molecular formula is C11H17N3O4S3. The summed E-state index contributed by atoms with van der Waals surface area (Å²) in [6, 6.07) is 1.11. The maximum Gasteiger partial charge on any atom is 0.304 e. The number of sulfonamides is 1. The second kappa shape index (κ2) is 6.11. The van der Waals surface area contributed by atoms with Crippen molar-refractivity contribution in [2.75, 3.05) is 24.7 Å². The molecule has 1 saturated carbocycles. The Morgan fingerprint density at radius 3 is 2.67 bits per heavy atom. The van der Waals surface area contributed by atoms with Gasteiger partial charge in [0, 0.05) is 23.9 Å². The Balaban J connectivity index is 2.19. The van der Waals surface area contributed by atoms with Crippen LogP contribution in [0.1, 0.15) is 19.8 Å². The van der Waals surface area contributed by atoms with Crippen LogP contribution >= 0.6 is 23.1 Å². The number of anilines is 1. The van der Waals surface area contributed by atoms with Crippen LogP contribution in [-0.2, 0) is 10.0 Å². The molecule has 0 radical (unpaired) electrons. The molecule has 118 valence electrons. The van der Waals surface area contributed by atoms with E-state index in [4.69, 9.17) is 0 Å². The normalized spacial score (nSPS) is 16.7. The Bertz CT molecular complexity index is 637. The van der Waals surface area contributed by atoms with E-state index in [-0.39, 0.29) is 19.6 Å². The Hall–Kier alpha value is -0.840. The van der Waals surface area contributed by atoms with Crippen molar-refractivity contribution in [2.45, 2.75) is 28.7 Å². The summed E-state index contributed by atoms with van der Waals surface area (Å²) in [6.07, 6.45) is 3.94. The fourth-order valence-electron chi connectivity index (χ4n) is 1.80. The smallest absolute Gasteiger partial charge is 0.304 e. The molecule has 1 aliphatic rings. The molecule has 1 aromatic rings. The van der Waals surface area contributed by atoms with E-state index in [1.54, 1.807) is 18.7 Å². The minimum atomic E-state index is -3.71. The fourth-order valence-corrected chi connectivity index (χ4v) is 5.19. The summed E-state index contributed by atoms with van der Waals surface area (Å²) in [7, 11) is -3.71. The van der Waals surface area contributed by atoms with Crippen molar-refractivity contribution in [3.05, 3.63) is 16.2 Å². The van der Waals surface area contributed by atoms with Crippen molar-refractivity contribution in [2.24, 2.45) is 0 Å². The third-order valence-corrected chi connectivity index (χ3v) is 7.69. The van der Waals surface area contributed by atoms with Crippen LogP contribution in [0.15, 0.2) is 10.3 Å². The molecule has 0 bridgehead atoms. The lowest BCUT2D eigenvalue weighted by Gasteiger charge is -2.12. The quantitative estimate of drug-likeness (QED) is 0.550. The van der Waals surface area contributed by atoms with Crippen LogP contribution < -0.4 is 10.0 Å². The van der Waals surface area contributed by atoms with Crippen molar-refractivity contribution in [3.8, 4) is 0 Å². The van der Waals surface area contributed by atoms with Crippen LogP contribution in [0.5, 0.6) is 0 Å². The maximum absolute atomic E-state index is 12.3. The highest BCUT2D eigenvalue weighted by molar-refractivity contribution is 8.00. The van der Waals surface area contributed by atoms with Crippen molar-refractivity contribution in [3.63, 3.8) is 0 Å². The standard InChI is InChI=1S/C11H17N3O4S3/c1-3-12-10-8(14(15)16)6-9(20-10)21(17,18)13-7-11(19-2)4-5-11/h6,12-13H,3-5,7H2,1-2H3. The molecule has 1 aliphatic carbocycles. The Kier molecular flexibility index (Phi) is 4.81. The molecule has 0 unspecified atom stereocenters. The number of rotatable bonds is 8. The predicted octanol–water partition coefficient (Wildman–Crippen LogP) is 2.26. The maximum atomic E-state index is 12.3. The Morgan fingerprint density at radius 1 is 1.52 bits per heavy atom. The number of hydrogen-bond acceptors (Lipinski definition) is 7. The van der Waals surface area contributed by atoms with E-state index in [9.17, 15) is 18.5 Å². The lowest BCUT2D eigenvalue weighted by molar-refractivity contribution is -0.383. The zero-order valence-electron chi connectivity index (χ0n) is 11.7. The van der Waals surface area contributed by atoms with Crippen molar-refractivity contribution in [1.82, 2.24) is 4.72 Å². The summed E-state index contributed by atoms with van der Waals surface area (Å²) in [4.78, 5) is 10.4. The monoisotopic (exact) mass is 351 g/mol. The highest BCUT2D eigenvalue weighted by Gasteiger charge is 2.42. The second-order valence-electron chi connectivity index (χ2n) is 4.78. The summed E-state index contributed by atoms with van der Waals surface area (Å²) in [5, 5.41) is 14.1. The van der Waals surface area contributed by atoms with E-state index in [0.29, 0.717) is 13.1 Å². The minimum Gasteiger partial charge on any atom is -0.372 e. The number of hydrogen-bond donors (Lipinski definition) is 2. The summed E-state index contributed by atoms with van der Waals surface area (Å²) in [5.74, 6) is 0. The summed E-state index contributed by atoms with van der Waals surface area (Å²) >= 11 is 2.54. The van der Waals surface area contributed by atoms with Gasteiger partial charge in [0.15, 0.2) is 5.00 Å². The van der Waals surface area contributed by atoms with Crippen molar-refractivity contribution in [1.29, 1.82) is 0 Å². The van der Waals surface area contributed by atoms with Gasteiger partial charge in [0.25, 0.3) is 0 Å². The van der Waals surface area contributed by atoms with Crippen LogP contribution in [-0.4, -0.2) is 37.4 Å². The van der Waals surface area contributed by atoms with Crippen LogP contribution in [0.2, 0.25) is 0 Å². The van der Waals surface area contributed by atoms with Gasteiger partial charge < -0.3 is 5.32 Å². The summed E-state index contributed by atoms with van der Waals surface area (Å²) in [6.45, 7) is 2.65. The van der Waals surface area contributed by atoms with E-state index < -0.39 is 14.9 Å². The summed E-state index contributed by atoms with van der Waals surface area (Å²) in [5.41, 5.74) is -0.201. The van der Waals surface area contributed by atoms with Crippen molar-refractivity contribution < 1.29 is 13.3 Å². The first kappa shape index (κ1) is 16.5. The molecule has 2 rings (SSSR count). The molecule has 21 heavy (non-hydrogen) atoms. The van der Waals surface area contributed by atoms with Gasteiger partial charge in [-0.2, -0.15) is 11.8 Å². The first-order valence-corrected chi connectivity index (χ1v) is 9.93. The number of thiophene rings is 1. The number of nitrogens with zero attached hydrogens (tertiary/aromatic N) is 1. The molecule has 0 atom stereocenters. The zero-order chi connectivity index (χ0) is 15.7. The molecule has 1 fully saturated rings. The van der Waals surface area contributed by atoms with E-state index in [2.05, 4.69) is 10.0 Å². The minimum absolute atomic E-state index is 0.000756. The first-order chi connectivity index (χ1) is 9.83. The third kappa shape index (κ3) is 3.68. The molecule has 1 aromatic heterocycles. The molecule has 0 spiro atoms. The van der Waals surface area contributed by atoms with Crippen molar-refractivity contribution >= 4 is 43.8 Å². The fraction of sp³-hybridized carbons (Fsp3) is 0.636. The number of nitrogens with one attached hydrogen (secondary N) is 2. The van der Waals surface area contributed by atoms with E-state index >= 15 is 0 Å². The van der Waals surface area contributed by atoms with Gasteiger partial charge in [-0.05, 0) is 26.0 Å². The van der Waals surface area contributed by atoms with Gasteiger partial charge in [-0.15, -0.1) is 0 Å². The molecular weight excluding hydrogens is 334 g/mol. The second-order valence-corrected chi connectivity index (χ2v) is 9.10. The predicted molar refractivity (Wildman–Crippen MR) is 85.8 cm³/mol. The third-order valence-electron chi connectivity index (χ3n) is 3.31. The SMILES string of the molecule is CCNc1sc(S(=O)(=O)NCC2(SC)CC2)cc1[N+](=O)[O-]. The van der Waals surface area contributed by atoms with Gasteiger partial charge >= 0.3 is 5.69 Å². The van der Waals surface area contributed by atoms with Crippen LogP contribution in [0.3, 0.4) is 0 Å². The number of thioether (sulfide) groups is 1. The Morgan fingerprint density at radius 2 is 2.19 bits per heavy atom. The van der Waals surface area contributed by atoms with Gasteiger partial charge in [-0.25, -0.2) is 13.1 Å². The lowest BCUT2D eigenvalue weighted by Crippen LogP contribution is -2.31. The van der Waals surface area contributed by atoms with E-state index in [1.807, 2.05) is 6.26 Å². The summed E-state index contributed by atoms with van der Waals surface area (Å²) < 4.78 is 27.0. The topological polar surface area (TPSA) is 101 Å². The largest absolute Gasteiger partial charge is 0.372 e. The van der Waals surface area contributed by atoms with Crippen LogP contribution in [0.4, 0.5) is 10.7 Å². The van der Waals surface area contributed by atoms with Gasteiger partial charge in [-0.1, -0.05) is 11.3 Å². The zero-order valence-corrected chi connectivity index (χ0v) is 14.2. The highest BCUT2D eigenvalue weighted by atomic mass is 32.2. The van der Waals surface area contributed by atoms with E-state index in [0.717, 1.165) is 30.2 Å². The van der Waals surface area contributed by atoms with Gasteiger partial charge in [0.1, 0.15) is 4.21 Å². The molecule has 0 saturated heterocycles. The molecule has 0 amide bonds. The van der Waals surface area contributed by atoms with Gasteiger partial charge in [0.2, 0.25) is 10.0 Å². The number of nitro groups is 1. The molecule has 7 nitrogen and oxygen atoms in total. The van der Waals surface area contributed by atoms with Gasteiger partial charge in [0.05, 0.1) is 4.92 Å². The first-order valence-electron chi connectivity index (χ1n) is 6.40.